The van der Waals surface area contributed by atoms with Gasteiger partial charge < -0.3 is 0 Å². The summed E-state index contributed by atoms with van der Waals surface area (Å²) in [5.41, 5.74) is 2.70. The van der Waals surface area contributed by atoms with Crippen molar-refractivity contribution in [3.8, 4) is 0 Å². The fourth-order valence-electron chi connectivity index (χ4n) is 1.94. The van der Waals surface area contributed by atoms with E-state index in [0.717, 1.165) is 0 Å². The quantitative estimate of drug-likeness (QED) is 0.724. The van der Waals surface area contributed by atoms with Gasteiger partial charge >= 0.3 is 6.18 Å². The first-order valence-corrected chi connectivity index (χ1v) is 4.79. The predicted molar refractivity (Wildman–Crippen MR) is 55.8 cm³/mol. The molecule has 0 saturated heterocycles. The van der Waals surface area contributed by atoms with Crippen molar-refractivity contribution < 1.29 is 18.4 Å². The standard InChI is InChI=1S/C11H14F3NO/c1-5-6(2)9(11(12,13)14)8(4)10(15-16)7(5)3/h15-16H,1-4H3. The van der Waals surface area contributed by atoms with Gasteiger partial charge in [-0.2, -0.15) is 13.2 Å². The molecule has 0 fully saturated rings. The van der Waals surface area contributed by atoms with Crippen molar-refractivity contribution in [2.24, 2.45) is 0 Å². The van der Waals surface area contributed by atoms with Crippen LogP contribution in [0.1, 0.15) is 27.8 Å². The fourth-order valence-corrected chi connectivity index (χ4v) is 1.94. The molecule has 0 saturated carbocycles. The highest BCUT2D eigenvalue weighted by molar-refractivity contribution is 5.64. The van der Waals surface area contributed by atoms with Gasteiger partial charge in [-0.25, -0.2) is 0 Å². The highest BCUT2D eigenvalue weighted by atomic mass is 19.4. The Morgan fingerprint density at radius 2 is 1.38 bits per heavy atom. The van der Waals surface area contributed by atoms with E-state index in [1.807, 2.05) is 5.48 Å². The van der Waals surface area contributed by atoms with Gasteiger partial charge in [0.1, 0.15) is 0 Å². The van der Waals surface area contributed by atoms with Crippen molar-refractivity contribution >= 4 is 5.69 Å². The number of halogens is 3. The van der Waals surface area contributed by atoms with Gasteiger partial charge in [-0.3, -0.25) is 10.7 Å². The van der Waals surface area contributed by atoms with Crippen molar-refractivity contribution in [2.75, 3.05) is 5.48 Å². The van der Waals surface area contributed by atoms with E-state index < -0.39 is 11.7 Å². The zero-order valence-electron chi connectivity index (χ0n) is 9.58. The molecule has 90 valence electrons. The molecule has 0 spiro atoms. The van der Waals surface area contributed by atoms with Crippen LogP contribution < -0.4 is 5.48 Å². The van der Waals surface area contributed by atoms with Gasteiger partial charge in [0.15, 0.2) is 0 Å². The summed E-state index contributed by atoms with van der Waals surface area (Å²) in [6, 6.07) is 0. The van der Waals surface area contributed by atoms with E-state index in [4.69, 9.17) is 5.21 Å². The summed E-state index contributed by atoms with van der Waals surface area (Å²) in [5.74, 6) is 0. The van der Waals surface area contributed by atoms with E-state index in [1.54, 1.807) is 13.8 Å². The lowest BCUT2D eigenvalue weighted by atomic mass is 9.92. The Hall–Kier alpha value is -1.23. The van der Waals surface area contributed by atoms with Crippen LogP contribution in [0.25, 0.3) is 0 Å². The molecule has 0 heterocycles. The first-order chi connectivity index (χ1) is 7.21. The lowest BCUT2D eigenvalue weighted by Crippen LogP contribution is -2.14. The fraction of sp³-hybridized carbons (Fsp3) is 0.455. The van der Waals surface area contributed by atoms with E-state index in [1.165, 1.54) is 13.8 Å². The van der Waals surface area contributed by atoms with E-state index in [2.05, 4.69) is 0 Å². The Balaban J connectivity index is 3.69. The van der Waals surface area contributed by atoms with Crippen LogP contribution in [0.3, 0.4) is 0 Å². The summed E-state index contributed by atoms with van der Waals surface area (Å²) < 4.78 is 38.5. The molecule has 2 N–H and O–H groups in total. The van der Waals surface area contributed by atoms with Crippen molar-refractivity contribution in [1.82, 2.24) is 0 Å². The average Bonchev–Trinajstić information content (AvgIpc) is 2.13. The minimum absolute atomic E-state index is 0.0237. The highest BCUT2D eigenvalue weighted by Crippen LogP contribution is 2.40. The topological polar surface area (TPSA) is 32.3 Å². The maximum atomic E-state index is 12.8. The number of hydrogen-bond acceptors (Lipinski definition) is 2. The third-order valence-electron chi connectivity index (χ3n) is 3.02. The van der Waals surface area contributed by atoms with Gasteiger partial charge in [0.25, 0.3) is 0 Å². The van der Waals surface area contributed by atoms with Crippen LogP contribution in [-0.2, 0) is 6.18 Å². The molecular formula is C11H14F3NO. The highest BCUT2D eigenvalue weighted by Gasteiger charge is 2.36. The molecular weight excluding hydrogens is 219 g/mol. The number of anilines is 1. The summed E-state index contributed by atoms with van der Waals surface area (Å²) in [6.07, 6.45) is -4.40. The van der Waals surface area contributed by atoms with E-state index >= 15 is 0 Å². The van der Waals surface area contributed by atoms with Gasteiger partial charge in [0, 0.05) is 0 Å². The number of alkyl halides is 3. The molecule has 0 amide bonds. The zero-order chi connectivity index (χ0) is 12.7. The Labute approximate surface area is 92.1 Å². The average molecular weight is 233 g/mol. The molecule has 0 bridgehead atoms. The molecule has 0 aromatic heterocycles. The predicted octanol–water partition coefficient (Wildman–Crippen LogP) is 3.74. The molecule has 1 rings (SSSR count). The van der Waals surface area contributed by atoms with Crippen molar-refractivity contribution in [1.29, 1.82) is 0 Å². The minimum Gasteiger partial charge on any atom is -0.291 e. The number of rotatable bonds is 1. The normalized spacial score (nSPS) is 11.8. The van der Waals surface area contributed by atoms with E-state index in [0.29, 0.717) is 11.1 Å². The molecule has 0 aliphatic heterocycles. The van der Waals surface area contributed by atoms with Gasteiger partial charge in [0.2, 0.25) is 0 Å². The van der Waals surface area contributed by atoms with Crippen LogP contribution in [0.4, 0.5) is 18.9 Å². The largest absolute Gasteiger partial charge is 0.417 e. The Morgan fingerprint density at radius 1 is 0.875 bits per heavy atom. The monoisotopic (exact) mass is 233 g/mol. The first kappa shape index (κ1) is 12.8. The molecule has 1 aromatic rings. The Morgan fingerprint density at radius 3 is 1.75 bits per heavy atom. The van der Waals surface area contributed by atoms with E-state index in [-0.39, 0.29) is 16.8 Å². The van der Waals surface area contributed by atoms with Gasteiger partial charge in [-0.1, -0.05) is 0 Å². The molecule has 0 atom stereocenters. The molecule has 0 radical (unpaired) electrons. The van der Waals surface area contributed by atoms with Crippen molar-refractivity contribution in [3.63, 3.8) is 0 Å². The molecule has 0 unspecified atom stereocenters. The van der Waals surface area contributed by atoms with Crippen LogP contribution >= 0.6 is 0 Å². The van der Waals surface area contributed by atoms with Gasteiger partial charge in [-0.05, 0) is 49.9 Å². The first-order valence-electron chi connectivity index (χ1n) is 4.79. The number of hydrogen-bond donors (Lipinski definition) is 2. The van der Waals surface area contributed by atoms with Crippen LogP contribution in [-0.4, -0.2) is 5.21 Å². The van der Waals surface area contributed by atoms with Crippen molar-refractivity contribution in [3.05, 3.63) is 27.8 Å². The zero-order valence-corrected chi connectivity index (χ0v) is 9.58. The molecule has 0 aliphatic carbocycles. The Kier molecular flexibility index (Phi) is 3.19. The summed E-state index contributed by atoms with van der Waals surface area (Å²) >= 11 is 0. The molecule has 0 aliphatic rings. The summed E-state index contributed by atoms with van der Waals surface area (Å²) in [6.45, 7) is 6.08. The maximum absolute atomic E-state index is 12.8. The van der Waals surface area contributed by atoms with Crippen molar-refractivity contribution in [2.45, 2.75) is 33.9 Å². The third kappa shape index (κ3) is 1.87. The lowest BCUT2D eigenvalue weighted by Gasteiger charge is -2.21. The number of nitrogens with one attached hydrogen (secondary N) is 1. The smallest absolute Gasteiger partial charge is 0.291 e. The van der Waals surface area contributed by atoms with E-state index in [9.17, 15) is 13.2 Å². The molecule has 1 aromatic carbocycles. The Bertz CT molecular complexity index is 424. The van der Waals surface area contributed by atoms with Gasteiger partial charge in [0.05, 0.1) is 11.3 Å². The third-order valence-corrected chi connectivity index (χ3v) is 3.02. The molecule has 2 nitrogen and oxygen atoms in total. The summed E-state index contributed by atoms with van der Waals surface area (Å²) in [5, 5.41) is 8.89. The second-order valence-electron chi connectivity index (χ2n) is 3.86. The summed E-state index contributed by atoms with van der Waals surface area (Å²) in [7, 11) is 0. The second kappa shape index (κ2) is 3.97. The minimum atomic E-state index is -4.40. The van der Waals surface area contributed by atoms with Crippen LogP contribution in [0.5, 0.6) is 0 Å². The van der Waals surface area contributed by atoms with Crippen LogP contribution in [0.2, 0.25) is 0 Å². The summed E-state index contributed by atoms with van der Waals surface area (Å²) in [4.78, 5) is 0. The van der Waals surface area contributed by atoms with Crippen LogP contribution in [0.15, 0.2) is 0 Å². The second-order valence-corrected chi connectivity index (χ2v) is 3.86. The van der Waals surface area contributed by atoms with Gasteiger partial charge in [-0.15, -0.1) is 0 Å². The molecule has 5 heteroatoms. The molecule has 16 heavy (non-hydrogen) atoms. The lowest BCUT2D eigenvalue weighted by molar-refractivity contribution is -0.138. The maximum Gasteiger partial charge on any atom is 0.417 e. The SMILES string of the molecule is Cc1c(C)c(NO)c(C)c(C(F)(F)F)c1C. The number of benzene rings is 1. The van der Waals surface area contributed by atoms with Crippen LogP contribution in [0, 0.1) is 27.7 Å².